The van der Waals surface area contributed by atoms with Crippen molar-refractivity contribution in [3.05, 3.63) is 11.1 Å². The number of ether oxygens (including phenoxy) is 1. The predicted molar refractivity (Wildman–Crippen MR) is 80.8 cm³/mol. The number of Topliss-reactive ketones (excluding diaryl/α,β-unsaturated/α-hetero) is 1. The second-order valence-corrected chi connectivity index (χ2v) is 8.52. The average molecular weight is 286 g/mol. The lowest BCUT2D eigenvalue weighted by atomic mass is 9.55. The van der Waals surface area contributed by atoms with Crippen molar-refractivity contribution in [2.75, 3.05) is 6.61 Å². The zero-order chi connectivity index (χ0) is 14.2. The van der Waals surface area contributed by atoms with Crippen LogP contribution in [0.1, 0.15) is 64.7 Å². The van der Waals surface area contributed by atoms with Crippen molar-refractivity contribution >= 4 is 5.78 Å². The lowest BCUT2D eigenvalue weighted by Gasteiger charge is -2.49. The fraction of sp³-hybridized carbons (Fsp3) is 0.842. The molecule has 5 aliphatic rings. The zero-order valence-electron chi connectivity index (χ0n) is 13.1. The van der Waals surface area contributed by atoms with Gasteiger partial charge in [0.25, 0.3) is 0 Å². The van der Waals surface area contributed by atoms with E-state index in [1.165, 1.54) is 38.5 Å². The summed E-state index contributed by atoms with van der Waals surface area (Å²) in [4.78, 5) is 11.8. The molecule has 0 aromatic rings. The third kappa shape index (κ3) is 1.55. The maximum atomic E-state index is 11.8. The second-order valence-electron chi connectivity index (χ2n) is 8.52. The van der Waals surface area contributed by atoms with Crippen LogP contribution >= 0.6 is 0 Å². The highest BCUT2D eigenvalue weighted by Crippen LogP contribution is 2.68. The van der Waals surface area contributed by atoms with Gasteiger partial charge in [0.2, 0.25) is 0 Å². The van der Waals surface area contributed by atoms with Gasteiger partial charge in [0.1, 0.15) is 5.78 Å². The number of carbonyl (C=O) groups is 1. The normalized spacial score (nSPS) is 51.7. The molecule has 1 spiro atoms. The summed E-state index contributed by atoms with van der Waals surface area (Å²) in [6.07, 6.45) is 10.7. The van der Waals surface area contributed by atoms with E-state index in [4.69, 9.17) is 4.74 Å². The van der Waals surface area contributed by atoms with Gasteiger partial charge in [-0.3, -0.25) is 4.79 Å². The third-order valence-electron chi connectivity index (χ3n) is 7.94. The number of epoxide rings is 1. The van der Waals surface area contributed by atoms with Gasteiger partial charge in [-0.2, -0.15) is 0 Å². The van der Waals surface area contributed by atoms with Gasteiger partial charge >= 0.3 is 0 Å². The first kappa shape index (κ1) is 12.9. The van der Waals surface area contributed by atoms with Gasteiger partial charge < -0.3 is 4.74 Å². The van der Waals surface area contributed by atoms with Crippen molar-refractivity contribution in [1.82, 2.24) is 0 Å². The van der Waals surface area contributed by atoms with Crippen LogP contribution in [-0.4, -0.2) is 18.0 Å². The molecule has 114 valence electrons. The van der Waals surface area contributed by atoms with Gasteiger partial charge in [0, 0.05) is 18.3 Å². The minimum absolute atomic E-state index is 0.271. The highest BCUT2D eigenvalue weighted by atomic mass is 16.6. The van der Waals surface area contributed by atoms with Crippen LogP contribution in [0.4, 0.5) is 0 Å². The molecule has 0 aromatic heterocycles. The van der Waals surface area contributed by atoms with E-state index >= 15 is 0 Å². The molecular weight excluding hydrogens is 260 g/mol. The minimum atomic E-state index is 0.271. The number of carbonyl (C=O) groups excluding carboxylic acids is 1. The van der Waals surface area contributed by atoms with Crippen LogP contribution in [0.2, 0.25) is 0 Å². The summed E-state index contributed by atoms with van der Waals surface area (Å²) in [6.45, 7) is 3.55. The minimum Gasteiger partial charge on any atom is -0.369 e. The molecule has 0 aromatic carbocycles. The largest absolute Gasteiger partial charge is 0.369 e. The molecule has 0 amide bonds. The quantitative estimate of drug-likeness (QED) is 0.497. The highest BCUT2D eigenvalue weighted by molar-refractivity contribution is 5.80. The van der Waals surface area contributed by atoms with Gasteiger partial charge in [-0.05, 0) is 62.7 Å². The first-order valence-electron chi connectivity index (χ1n) is 9.00. The Morgan fingerprint density at radius 3 is 2.71 bits per heavy atom. The van der Waals surface area contributed by atoms with E-state index in [9.17, 15) is 4.79 Å². The van der Waals surface area contributed by atoms with Crippen LogP contribution < -0.4 is 0 Å². The Labute approximate surface area is 127 Å². The Hall–Kier alpha value is -0.630. The molecule has 1 heterocycles. The molecule has 0 bridgehead atoms. The monoisotopic (exact) mass is 286 g/mol. The Balaban J connectivity index is 1.52. The van der Waals surface area contributed by atoms with Crippen LogP contribution in [0.15, 0.2) is 11.1 Å². The number of fused-ring (bicyclic) bond motifs is 5. The van der Waals surface area contributed by atoms with Crippen molar-refractivity contribution in [3.8, 4) is 0 Å². The lowest BCUT2D eigenvalue weighted by Crippen LogP contribution is -2.44. The maximum Gasteiger partial charge on any atom is 0.133 e. The molecule has 0 N–H and O–H groups in total. The van der Waals surface area contributed by atoms with E-state index in [1.54, 1.807) is 11.1 Å². The fourth-order valence-electron chi connectivity index (χ4n) is 6.61. The molecular formula is C19H26O2. The van der Waals surface area contributed by atoms with Gasteiger partial charge in [0.05, 0.1) is 12.2 Å². The summed E-state index contributed by atoms with van der Waals surface area (Å²) < 4.78 is 5.97. The van der Waals surface area contributed by atoms with Gasteiger partial charge in [-0.1, -0.05) is 18.1 Å². The van der Waals surface area contributed by atoms with Crippen molar-refractivity contribution < 1.29 is 9.53 Å². The summed E-state index contributed by atoms with van der Waals surface area (Å²) in [5, 5.41) is 0. The molecule has 21 heavy (non-hydrogen) atoms. The summed E-state index contributed by atoms with van der Waals surface area (Å²) in [6, 6.07) is 0. The van der Waals surface area contributed by atoms with E-state index in [-0.39, 0.29) is 5.60 Å². The van der Waals surface area contributed by atoms with Crippen LogP contribution in [-0.2, 0) is 9.53 Å². The Morgan fingerprint density at radius 2 is 1.90 bits per heavy atom. The van der Waals surface area contributed by atoms with E-state index in [0.29, 0.717) is 17.1 Å². The Morgan fingerprint density at radius 1 is 1.05 bits per heavy atom. The summed E-state index contributed by atoms with van der Waals surface area (Å²) >= 11 is 0. The molecule has 2 heteroatoms. The van der Waals surface area contributed by atoms with Crippen LogP contribution in [0.25, 0.3) is 0 Å². The number of hydrogen-bond acceptors (Lipinski definition) is 2. The number of allylic oxidation sites excluding steroid dienone is 2. The van der Waals surface area contributed by atoms with E-state index in [0.717, 1.165) is 37.7 Å². The molecule has 2 nitrogen and oxygen atoms in total. The van der Waals surface area contributed by atoms with E-state index in [2.05, 4.69) is 6.92 Å². The van der Waals surface area contributed by atoms with Crippen molar-refractivity contribution in [1.29, 1.82) is 0 Å². The molecule has 1 aliphatic heterocycles. The molecule has 4 fully saturated rings. The predicted octanol–water partition coefficient (Wildman–Crippen LogP) is 4.04. The van der Waals surface area contributed by atoms with Crippen molar-refractivity contribution in [3.63, 3.8) is 0 Å². The van der Waals surface area contributed by atoms with E-state index in [1.807, 2.05) is 0 Å². The maximum absolute atomic E-state index is 11.8. The van der Waals surface area contributed by atoms with E-state index < -0.39 is 0 Å². The zero-order valence-corrected chi connectivity index (χ0v) is 13.1. The first-order valence-corrected chi connectivity index (χ1v) is 9.00. The standard InChI is InChI=1S/C19H26O2/c1-18-8-6-15-14-5-3-13(20)10-12(14)2-4-16(15)17(18)7-9-19(18)11-21-19/h12,16-17H,2-11H2,1H3/t12?,16-,17+,18+,19?/m1/s1. The molecule has 4 aliphatic carbocycles. The summed E-state index contributed by atoms with van der Waals surface area (Å²) in [5.74, 6) is 2.81. The number of rotatable bonds is 0. The van der Waals surface area contributed by atoms with Crippen LogP contribution in [0.5, 0.6) is 0 Å². The van der Waals surface area contributed by atoms with Crippen molar-refractivity contribution in [2.24, 2.45) is 23.2 Å². The fourth-order valence-corrected chi connectivity index (χ4v) is 6.61. The first-order chi connectivity index (χ1) is 10.1. The Bertz CT molecular complexity index is 542. The SMILES string of the molecule is C[C@]12CCC3=C4CCC(=O)CC4CC[C@H]3[C@@H]1CCC21CO1. The second kappa shape index (κ2) is 4.01. The topological polar surface area (TPSA) is 29.6 Å². The molecule has 2 unspecified atom stereocenters. The summed E-state index contributed by atoms with van der Waals surface area (Å²) in [7, 11) is 0. The van der Waals surface area contributed by atoms with Gasteiger partial charge in [0.15, 0.2) is 0 Å². The van der Waals surface area contributed by atoms with Crippen molar-refractivity contribution in [2.45, 2.75) is 70.3 Å². The molecule has 0 radical (unpaired) electrons. The van der Waals surface area contributed by atoms with Gasteiger partial charge in [-0.15, -0.1) is 0 Å². The Kier molecular flexibility index (Phi) is 2.46. The number of hydrogen-bond donors (Lipinski definition) is 0. The lowest BCUT2D eigenvalue weighted by molar-refractivity contribution is -0.120. The summed E-state index contributed by atoms with van der Waals surface area (Å²) in [5.41, 5.74) is 4.25. The average Bonchev–Trinajstić information content (AvgIpc) is 3.20. The molecule has 5 rings (SSSR count). The third-order valence-corrected chi connectivity index (χ3v) is 7.94. The molecule has 5 atom stereocenters. The van der Waals surface area contributed by atoms with Crippen LogP contribution in [0.3, 0.4) is 0 Å². The molecule has 1 saturated heterocycles. The molecule has 3 saturated carbocycles. The smallest absolute Gasteiger partial charge is 0.133 e. The number of ketones is 1. The van der Waals surface area contributed by atoms with Gasteiger partial charge in [-0.25, -0.2) is 0 Å². The highest BCUT2D eigenvalue weighted by Gasteiger charge is 2.68. The van der Waals surface area contributed by atoms with Crippen LogP contribution in [0, 0.1) is 23.2 Å².